The molecule has 0 bridgehead atoms. The standard InChI is InChI=1S/C14H17N5/c1-9-8-16-17-11(9)12-10-6-5-7-15-13(10)19(18-12)14(2,3)4/h5-8H,1-4H3,(H,16,17). The first-order valence-electron chi connectivity index (χ1n) is 6.33. The first-order valence-corrected chi connectivity index (χ1v) is 6.33. The van der Waals surface area contributed by atoms with Gasteiger partial charge in [-0.2, -0.15) is 10.2 Å². The summed E-state index contributed by atoms with van der Waals surface area (Å²) in [6.45, 7) is 8.39. The number of aromatic amines is 1. The molecule has 0 spiro atoms. The first kappa shape index (κ1) is 11.9. The molecule has 0 aliphatic heterocycles. The van der Waals surface area contributed by atoms with Crippen LogP contribution in [0.2, 0.25) is 0 Å². The van der Waals surface area contributed by atoms with Crippen molar-refractivity contribution < 1.29 is 0 Å². The second-order valence-corrected chi connectivity index (χ2v) is 5.73. The van der Waals surface area contributed by atoms with Crippen LogP contribution in [-0.2, 0) is 5.54 Å². The fourth-order valence-electron chi connectivity index (χ4n) is 2.19. The van der Waals surface area contributed by atoms with Gasteiger partial charge >= 0.3 is 0 Å². The molecule has 0 fully saturated rings. The fourth-order valence-corrected chi connectivity index (χ4v) is 2.19. The molecule has 3 aromatic heterocycles. The molecule has 19 heavy (non-hydrogen) atoms. The zero-order valence-electron chi connectivity index (χ0n) is 11.6. The minimum Gasteiger partial charge on any atom is -0.276 e. The minimum atomic E-state index is -0.112. The summed E-state index contributed by atoms with van der Waals surface area (Å²) >= 11 is 0. The molecule has 3 heterocycles. The van der Waals surface area contributed by atoms with Crippen LogP contribution < -0.4 is 0 Å². The summed E-state index contributed by atoms with van der Waals surface area (Å²) in [5.41, 5.74) is 3.75. The van der Waals surface area contributed by atoms with Gasteiger partial charge in [0.25, 0.3) is 0 Å². The van der Waals surface area contributed by atoms with Gasteiger partial charge in [0.15, 0.2) is 5.65 Å². The van der Waals surface area contributed by atoms with Gasteiger partial charge in [-0.25, -0.2) is 9.67 Å². The van der Waals surface area contributed by atoms with Crippen LogP contribution in [-0.4, -0.2) is 25.0 Å². The SMILES string of the molecule is Cc1cn[nH]c1-c1nn(C(C)(C)C)c2ncccc12. The number of rotatable bonds is 1. The number of pyridine rings is 1. The summed E-state index contributed by atoms with van der Waals surface area (Å²) in [5, 5.41) is 12.9. The second-order valence-electron chi connectivity index (χ2n) is 5.73. The van der Waals surface area contributed by atoms with E-state index in [-0.39, 0.29) is 5.54 Å². The number of nitrogens with one attached hydrogen (secondary N) is 1. The lowest BCUT2D eigenvalue weighted by atomic mass is 10.1. The molecule has 0 aliphatic carbocycles. The van der Waals surface area contributed by atoms with E-state index in [0.717, 1.165) is 28.0 Å². The maximum absolute atomic E-state index is 4.75. The second kappa shape index (κ2) is 3.91. The predicted octanol–water partition coefficient (Wildman–Crippen LogP) is 2.88. The maximum Gasteiger partial charge on any atom is 0.158 e. The Morgan fingerprint density at radius 2 is 2.05 bits per heavy atom. The summed E-state index contributed by atoms with van der Waals surface area (Å²) in [6.07, 6.45) is 3.61. The van der Waals surface area contributed by atoms with Crippen molar-refractivity contribution in [2.45, 2.75) is 33.2 Å². The Morgan fingerprint density at radius 1 is 1.26 bits per heavy atom. The molecular formula is C14H17N5. The molecule has 5 nitrogen and oxygen atoms in total. The van der Waals surface area contributed by atoms with Crippen LogP contribution in [0.25, 0.3) is 22.4 Å². The van der Waals surface area contributed by atoms with Crippen LogP contribution in [0.15, 0.2) is 24.5 Å². The molecule has 0 saturated heterocycles. The monoisotopic (exact) mass is 255 g/mol. The molecule has 3 rings (SSSR count). The predicted molar refractivity (Wildman–Crippen MR) is 74.8 cm³/mol. The van der Waals surface area contributed by atoms with Gasteiger partial charge in [0, 0.05) is 11.6 Å². The van der Waals surface area contributed by atoms with Gasteiger partial charge in [-0.15, -0.1) is 0 Å². The van der Waals surface area contributed by atoms with Crippen LogP contribution in [0.3, 0.4) is 0 Å². The third kappa shape index (κ3) is 1.82. The third-order valence-electron chi connectivity index (χ3n) is 3.14. The molecule has 1 N–H and O–H groups in total. The number of aromatic nitrogens is 5. The number of nitrogens with zero attached hydrogens (tertiary/aromatic N) is 4. The van der Waals surface area contributed by atoms with Gasteiger partial charge in [-0.1, -0.05) is 0 Å². The van der Waals surface area contributed by atoms with Crippen molar-refractivity contribution in [3.8, 4) is 11.4 Å². The van der Waals surface area contributed by atoms with Crippen LogP contribution in [0.5, 0.6) is 0 Å². The molecule has 5 heteroatoms. The molecule has 0 atom stereocenters. The zero-order chi connectivity index (χ0) is 13.6. The van der Waals surface area contributed by atoms with E-state index in [1.165, 1.54) is 0 Å². The van der Waals surface area contributed by atoms with Gasteiger partial charge in [0.1, 0.15) is 5.69 Å². The highest BCUT2D eigenvalue weighted by Gasteiger charge is 2.22. The molecule has 0 unspecified atom stereocenters. The average Bonchev–Trinajstić information content (AvgIpc) is 2.91. The summed E-state index contributed by atoms with van der Waals surface area (Å²) in [6, 6.07) is 3.99. The van der Waals surface area contributed by atoms with E-state index in [9.17, 15) is 0 Å². The van der Waals surface area contributed by atoms with Crippen molar-refractivity contribution in [2.75, 3.05) is 0 Å². The van der Waals surface area contributed by atoms with Crippen LogP contribution >= 0.6 is 0 Å². The van der Waals surface area contributed by atoms with E-state index in [1.54, 1.807) is 6.20 Å². The topological polar surface area (TPSA) is 59.4 Å². The number of fused-ring (bicyclic) bond motifs is 1. The highest BCUT2D eigenvalue weighted by molar-refractivity contribution is 5.90. The summed E-state index contributed by atoms with van der Waals surface area (Å²) < 4.78 is 1.97. The molecular weight excluding hydrogens is 238 g/mol. The molecule has 0 amide bonds. The van der Waals surface area contributed by atoms with Gasteiger partial charge in [-0.3, -0.25) is 5.10 Å². The van der Waals surface area contributed by atoms with E-state index < -0.39 is 0 Å². The summed E-state index contributed by atoms with van der Waals surface area (Å²) in [5.74, 6) is 0. The van der Waals surface area contributed by atoms with Crippen molar-refractivity contribution in [3.05, 3.63) is 30.1 Å². The van der Waals surface area contributed by atoms with Gasteiger partial charge < -0.3 is 0 Å². The Balaban J connectivity index is 2.36. The highest BCUT2D eigenvalue weighted by Crippen LogP contribution is 2.30. The van der Waals surface area contributed by atoms with Crippen molar-refractivity contribution in [2.24, 2.45) is 0 Å². The van der Waals surface area contributed by atoms with Crippen molar-refractivity contribution in [3.63, 3.8) is 0 Å². The van der Waals surface area contributed by atoms with Crippen LogP contribution in [0.4, 0.5) is 0 Å². The van der Waals surface area contributed by atoms with E-state index in [0.29, 0.717) is 0 Å². The number of hydrogen-bond acceptors (Lipinski definition) is 3. The van der Waals surface area contributed by atoms with Crippen molar-refractivity contribution in [1.82, 2.24) is 25.0 Å². The molecule has 0 saturated carbocycles. The fraction of sp³-hybridized carbons (Fsp3) is 0.357. The number of aryl methyl sites for hydroxylation is 1. The van der Waals surface area contributed by atoms with E-state index in [1.807, 2.05) is 29.9 Å². The van der Waals surface area contributed by atoms with Crippen LogP contribution in [0.1, 0.15) is 26.3 Å². The number of hydrogen-bond donors (Lipinski definition) is 1. The van der Waals surface area contributed by atoms with Gasteiger partial charge in [-0.05, 0) is 45.4 Å². The van der Waals surface area contributed by atoms with E-state index in [4.69, 9.17) is 5.10 Å². The summed E-state index contributed by atoms with van der Waals surface area (Å²) in [7, 11) is 0. The Hall–Kier alpha value is -2.17. The van der Waals surface area contributed by atoms with Gasteiger partial charge in [0.05, 0.1) is 17.4 Å². The molecule has 0 radical (unpaired) electrons. The van der Waals surface area contributed by atoms with Gasteiger partial charge in [0.2, 0.25) is 0 Å². The third-order valence-corrected chi connectivity index (χ3v) is 3.14. The molecule has 0 aromatic carbocycles. The molecule has 98 valence electrons. The van der Waals surface area contributed by atoms with Crippen LogP contribution in [0, 0.1) is 6.92 Å². The first-order chi connectivity index (χ1) is 8.98. The Morgan fingerprint density at radius 3 is 2.68 bits per heavy atom. The lowest BCUT2D eigenvalue weighted by molar-refractivity contribution is 0.366. The largest absolute Gasteiger partial charge is 0.276 e. The average molecular weight is 255 g/mol. The Bertz CT molecular complexity index is 730. The summed E-state index contributed by atoms with van der Waals surface area (Å²) in [4.78, 5) is 4.47. The number of H-pyrrole nitrogens is 1. The molecule has 0 aliphatic rings. The zero-order valence-corrected chi connectivity index (χ0v) is 11.6. The quantitative estimate of drug-likeness (QED) is 0.727. The van der Waals surface area contributed by atoms with Crippen molar-refractivity contribution in [1.29, 1.82) is 0 Å². The highest BCUT2D eigenvalue weighted by atomic mass is 15.3. The smallest absolute Gasteiger partial charge is 0.158 e. The minimum absolute atomic E-state index is 0.112. The lowest BCUT2D eigenvalue weighted by Gasteiger charge is -2.19. The van der Waals surface area contributed by atoms with E-state index >= 15 is 0 Å². The molecule has 3 aromatic rings. The normalized spacial score (nSPS) is 12.2. The van der Waals surface area contributed by atoms with E-state index in [2.05, 4.69) is 36.0 Å². The maximum atomic E-state index is 4.75. The Labute approximate surface area is 111 Å². The van der Waals surface area contributed by atoms with Crippen molar-refractivity contribution >= 4 is 11.0 Å². The Kier molecular flexibility index (Phi) is 2.45. The lowest BCUT2D eigenvalue weighted by Crippen LogP contribution is -2.23.